The van der Waals surface area contributed by atoms with Gasteiger partial charge in [-0.3, -0.25) is 4.79 Å². The second-order valence-electron chi connectivity index (χ2n) is 11.6. The molecule has 0 saturated heterocycles. The molecule has 3 rings (SSSR count). The summed E-state index contributed by atoms with van der Waals surface area (Å²) in [5.41, 5.74) is 3.30. The van der Waals surface area contributed by atoms with Crippen LogP contribution in [0.5, 0.6) is 5.75 Å². The molecule has 7 heteroatoms. The summed E-state index contributed by atoms with van der Waals surface area (Å²) in [4.78, 5) is 34.0. The minimum absolute atomic E-state index is 0.187. The fourth-order valence-corrected chi connectivity index (χ4v) is 4.31. The van der Waals surface area contributed by atoms with E-state index in [1.807, 2.05) is 67.8 Å². The van der Waals surface area contributed by atoms with Gasteiger partial charge in [0.05, 0.1) is 6.61 Å². The van der Waals surface area contributed by atoms with Crippen molar-refractivity contribution in [1.29, 1.82) is 0 Å². The molecule has 0 aliphatic carbocycles. The van der Waals surface area contributed by atoms with E-state index in [0.29, 0.717) is 12.2 Å². The third kappa shape index (κ3) is 10.6. The first-order valence-electron chi connectivity index (χ1n) is 14.7. The Morgan fingerprint density at radius 2 is 1.44 bits per heavy atom. The highest BCUT2D eigenvalue weighted by Gasteiger charge is 2.24. The van der Waals surface area contributed by atoms with Gasteiger partial charge in [-0.1, -0.05) is 75.9 Å². The number of rotatable bonds is 14. The summed E-state index contributed by atoms with van der Waals surface area (Å²) in [5.74, 6) is 0.590. The number of carbonyl (C=O) groups is 2. The molecule has 41 heavy (non-hydrogen) atoms. The fourth-order valence-electron chi connectivity index (χ4n) is 4.31. The first kappa shape index (κ1) is 31.8. The van der Waals surface area contributed by atoms with Gasteiger partial charge in [0, 0.05) is 29.4 Å². The molecule has 1 N–H and O–H groups in total. The second-order valence-corrected chi connectivity index (χ2v) is 11.6. The SMILES string of the molecule is CCCCCCCOc1ccc(-c2cnc(-c3ccc(C[C@H](C)C(=O)N[C@H](C)C(=O)OC(C)(C)C)cc3)nc2)cc1. The average Bonchev–Trinajstić information content (AvgIpc) is 2.95. The van der Waals surface area contributed by atoms with Crippen LogP contribution in [0.2, 0.25) is 0 Å². The molecule has 0 spiro atoms. The number of carbonyl (C=O) groups excluding carboxylic acids is 2. The number of hydrogen-bond acceptors (Lipinski definition) is 6. The van der Waals surface area contributed by atoms with Gasteiger partial charge in [0.1, 0.15) is 17.4 Å². The Morgan fingerprint density at radius 3 is 2.05 bits per heavy atom. The van der Waals surface area contributed by atoms with E-state index in [2.05, 4.69) is 22.2 Å². The number of nitrogens with zero attached hydrogens (tertiary/aromatic N) is 2. The monoisotopic (exact) mass is 559 g/mol. The zero-order valence-electron chi connectivity index (χ0n) is 25.4. The van der Waals surface area contributed by atoms with E-state index in [0.717, 1.165) is 41.0 Å². The van der Waals surface area contributed by atoms with Crippen molar-refractivity contribution in [3.05, 3.63) is 66.5 Å². The van der Waals surface area contributed by atoms with E-state index in [4.69, 9.17) is 9.47 Å². The summed E-state index contributed by atoms with van der Waals surface area (Å²) in [6.45, 7) is 11.9. The normalized spacial score (nSPS) is 12.8. The maximum absolute atomic E-state index is 12.6. The molecule has 0 unspecified atom stereocenters. The van der Waals surface area contributed by atoms with Crippen LogP contribution in [0.4, 0.5) is 0 Å². The zero-order valence-corrected chi connectivity index (χ0v) is 25.4. The number of benzene rings is 2. The largest absolute Gasteiger partial charge is 0.494 e. The van der Waals surface area contributed by atoms with E-state index in [-0.39, 0.29) is 11.8 Å². The molecule has 1 heterocycles. The Hall–Kier alpha value is -3.74. The van der Waals surface area contributed by atoms with Crippen molar-refractivity contribution in [3.63, 3.8) is 0 Å². The summed E-state index contributed by atoms with van der Waals surface area (Å²) in [6, 6.07) is 15.2. The van der Waals surface area contributed by atoms with Crippen molar-refractivity contribution in [3.8, 4) is 28.3 Å². The summed E-state index contributed by atoms with van der Waals surface area (Å²) in [6.07, 6.45) is 10.3. The van der Waals surface area contributed by atoms with E-state index < -0.39 is 17.6 Å². The first-order valence-corrected chi connectivity index (χ1v) is 14.7. The van der Waals surface area contributed by atoms with Gasteiger partial charge in [-0.25, -0.2) is 14.8 Å². The summed E-state index contributed by atoms with van der Waals surface area (Å²) >= 11 is 0. The Morgan fingerprint density at radius 1 is 0.829 bits per heavy atom. The van der Waals surface area contributed by atoms with Crippen molar-refractivity contribution in [2.45, 2.75) is 91.7 Å². The molecular weight excluding hydrogens is 514 g/mol. The number of ether oxygens (including phenoxy) is 2. The molecule has 0 aliphatic heterocycles. The van der Waals surface area contributed by atoms with Gasteiger partial charge in [0.15, 0.2) is 5.82 Å². The predicted octanol–water partition coefficient (Wildman–Crippen LogP) is 7.18. The molecule has 0 saturated carbocycles. The lowest BCUT2D eigenvalue weighted by molar-refractivity contribution is -0.158. The van der Waals surface area contributed by atoms with Gasteiger partial charge >= 0.3 is 5.97 Å². The number of esters is 1. The van der Waals surface area contributed by atoms with E-state index in [1.54, 1.807) is 27.7 Å². The predicted molar refractivity (Wildman–Crippen MR) is 163 cm³/mol. The topological polar surface area (TPSA) is 90.4 Å². The maximum Gasteiger partial charge on any atom is 0.328 e. The van der Waals surface area contributed by atoms with Crippen LogP contribution >= 0.6 is 0 Å². The highest BCUT2D eigenvalue weighted by Crippen LogP contribution is 2.24. The summed E-state index contributed by atoms with van der Waals surface area (Å²) in [5, 5.41) is 2.76. The van der Waals surface area contributed by atoms with Crippen molar-refractivity contribution in [1.82, 2.24) is 15.3 Å². The minimum atomic E-state index is -0.706. The van der Waals surface area contributed by atoms with Crippen LogP contribution in [0.15, 0.2) is 60.9 Å². The smallest absolute Gasteiger partial charge is 0.328 e. The van der Waals surface area contributed by atoms with Crippen molar-refractivity contribution in [2.24, 2.45) is 5.92 Å². The molecule has 0 aliphatic rings. The van der Waals surface area contributed by atoms with Gasteiger partial charge in [0.25, 0.3) is 0 Å². The van der Waals surface area contributed by atoms with Gasteiger partial charge in [0.2, 0.25) is 5.91 Å². The highest BCUT2D eigenvalue weighted by molar-refractivity contribution is 5.85. The highest BCUT2D eigenvalue weighted by atomic mass is 16.6. The van der Waals surface area contributed by atoms with Crippen molar-refractivity contribution >= 4 is 11.9 Å². The standard InChI is InChI=1S/C34H45N3O4/c1-7-8-9-10-11-20-40-30-18-16-27(17-19-30)29-22-35-31(36-23-29)28-14-12-26(13-15-28)21-24(2)32(38)37-25(3)33(39)41-34(4,5)6/h12-19,22-25H,7-11,20-21H2,1-6H3,(H,37,38)/t24-,25+/m0/s1. The molecule has 2 aromatic carbocycles. The van der Waals surface area contributed by atoms with Crippen LogP contribution < -0.4 is 10.1 Å². The van der Waals surface area contributed by atoms with Gasteiger partial charge in [-0.2, -0.15) is 0 Å². The third-order valence-electron chi connectivity index (χ3n) is 6.68. The quantitative estimate of drug-likeness (QED) is 0.166. The van der Waals surface area contributed by atoms with Crippen LogP contribution in [0.1, 0.15) is 79.2 Å². The van der Waals surface area contributed by atoms with Gasteiger partial charge < -0.3 is 14.8 Å². The molecule has 2 atom stereocenters. The lowest BCUT2D eigenvalue weighted by Crippen LogP contribution is -2.44. The van der Waals surface area contributed by atoms with E-state index >= 15 is 0 Å². The van der Waals surface area contributed by atoms with Crippen LogP contribution in [0.3, 0.4) is 0 Å². The van der Waals surface area contributed by atoms with Crippen LogP contribution in [0.25, 0.3) is 22.5 Å². The van der Waals surface area contributed by atoms with Crippen LogP contribution in [0, 0.1) is 5.92 Å². The maximum atomic E-state index is 12.6. The molecule has 0 fully saturated rings. The molecule has 7 nitrogen and oxygen atoms in total. The number of hydrogen-bond donors (Lipinski definition) is 1. The molecule has 0 radical (unpaired) electrons. The molecule has 3 aromatic rings. The van der Waals surface area contributed by atoms with Gasteiger partial charge in [-0.15, -0.1) is 0 Å². The fraction of sp³-hybridized carbons (Fsp3) is 0.471. The minimum Gasteiger partial charge on any atom is -0.494 e. The Kier molecular flexibility index (Phi) is 11.9. The molecule has 0 bridgehead atoms. The molecular formula is C34H45N3O4. The second kappa shape index (κ2) is 15.3. The molecule has 1 aromatic heterocycles. The van der Waals surface area contributed by atoms with Crippen molar-refractivity contribution in [2.75, 3.05) is 6.61 Å². The van der Waals surface area contributed by atoms with E-state index in [9.17, 15) is 9.59 Å². The van der Waals surface area contributed by atoms with Crippen LogP contribution in [-0.2, 0) is 20.7 Å². The number of amides is 1. The number of unbranched alkanes of at least 4 members (excludes halogenated alkanes) is 4. The summed E-state index contributed by atoms with van der Waals surface area (Å²) in [7, 11) is 0. The lowest BCUT2D eigenvalue weighted by atomic mass is 9.99. The van der Waals surface area contributed by atoms with Crippen molar-refractivity contribution < 1.29 is 19.1 Å². The van der Waals surface area contributed by atoms with Crippen LogP contribution in [-0.4, -0.2) is 40.1 Å². The number of nitrogens with one attached hydrogen (secondary N) is 1. The number of aromatic nitrogens is 2. The van der Waals surface area contributed by atoms with E-state index in [1.165, 1.54) is 25.7 Å². The Labute approximate surface area is 245 Å². The lowest BCUT2D eigenvalue weighted by Gasteiger charge is -2.23. The third-order valence-corrected chi connectivity index (χ3v) is 6.68. The Balaban J connectivity index is 1.50. The Bertz CT molecular complexity index is 1230. The summed E-state index contributed by atoms with van der Waals surface area (Å²) < 4.78 is 11.2. The molecule has 1 amide bonds. The molecule has 220 valence electrons. The zero-order chi connectivity index (χ0) is 29.8. The van der Waals surface area contributed by atoms with Gasteiger partial charge in [-0.05, 0) is 63.8 Å². The first-order chi connectivity index (χ1) is 19.6. The average molecular weight is 560 g/mol.